The van der Waals surface area contributed by atoms with Gasteiger partial charge in [0, 0.05) is 12.1 Å². The summed E-state index contributed by atoms with van der Waals surface area (Å²) in [6.45, 7) is 6.60. The quantitative estimate of drug-likeness (QED) is 0.734. The summed E-state index contributed by atoms with van der Waals surface area (Å²) >= 11 is 0. The maximum absolute atomic E-state index is 12.2. The maximum Gasteiger partial charge on any atom is 0.251 e. The van der Waals surface area contributed by atoms with E-state index in [1.165, 1.54) is 5.56 Å². The first kappa shape index (κ1) is 18.8. The number of aryl methyl sites for hydroxylation is 2. The molecule has 0 unspecified atom stereocenters. The van der Waals surface area contributed by atoms with Gasteiger partial charge in [0.1, 0.15) is 11.5 Å². The number of amides is 1. The van der Waals surface area contributed by atoms with Crippen molar-refractivity contribution in [3.05, 3.63) is 59.2 Å². The minimum Gasteiger partial charge on any atom is -0.496 e. The molecule has 1 amide bonds. The Hall–Kier alpha value is -2.49. The molecule has 2 aromatic rings. The van der Waals surface area contributed by atoms with E-state index in [1.54, 1.807) is 13.2 Å². The third-order valence-electron chi connectivity index (χ3n) is 3.86. The van der Waals surface area contributed by atoms with Crippen molar-refractivity contribution in [2.24, 2.45) is 0 Å². The van der Waals surface area contributed by atoms with Crippen LogP contribution in [0.4, 0.5) is 0 Å². The van der Waals surface area contributed by atoms with Crippen LogP contribution in [0.1, 0.15) is 41.8 Å². The second-order valence-corrected chi connectivity index (χ2v) is 6.36. The van der Waals surface area contributed by atoms with Gasteiger partial charge in [-0.25, -0.2) is 0 Å². The molecule has 0 spiro atoms. The molecule has 0 bridgehead atoms. The Bertz CT molecular complexity index is 710. The lowest BCUT2D eigenvalue weighted by Crippen LogP contribution is -2.24. The van der Waals surface area contributed by atoms with Crippen molar-refractivity contribution in [3.63, 3.8) is 0 Å². The van der Waals surface area contributed by atoms with Crippen LogP contribution in [0.2, 0.25) is 0 Å². The van der Waals surface area contributed by atoms with Gasteiger partial charge in [-0.2, -0.15) is 0 Å². The molecule has 25 heavy (non-hydrogen) atoms. The molecule has 2 rings (SSSR count). The summed E-state index contributed by atoms with van der Waals surface area (Å²) < 4.78 is 10.9. The molecule has 0 radical (unpaired) electrons. The highest BCUT2D eigenvalue weighted by molar-refractivity contribution is 5.94. The number of hydrogen-bond donors (Lipinski definition) is 1. The Labute approximate surface area is 150 Å². The molecule has 0 saturated heterocycles. The van der Waals surface area contributed by atoms with Crippen molar-refractivity contribution in [3.8, 4) is 11.5 Å². The van der Waals surface area contributed by atoms with Gasteiger partial charge in [0.05, 0.1) is 13.2 Å². The van der Waals surface area contributed by atoms with Crippen molar-refractivity contribution in [2.45, 2.75) is 39.7 Å². The zero-order chi connectivity index (χ0) is 18.2. The van der Waals surface area contributed by atoms with E-state index in [0.29, 0.717) is 12.1 Å². The average molecular weight is 341 g/mol. The normalized spacial score (nSPS) is 10.6. The SMILES string of the molecule is COc1ccc(C(=O)NCCCc2cccc(OC(C)C)c2)cc1C. The predicted octanol–water partition coefficient (Wildman–Crippen LogP) is 4.15. The van der Waals surface area contributed by atoms with Gasteiger partial charge in [-0.05, 0) is 75.1 Å². The summed E-state index contributed by atoms with van der Waals surface area (Å²) in [6, 6.07) is 13.6. The molecule has 2 aromatic carbocycles. The highest BCUT2D eigenvalue weighted by atomic mass is 16.5. The Morgan fingerprint density at radius 3 is 2.64 bits per heavy atom. The topological polar surface area (TPSA) is 47.6 Å². The molecular formula is C21H27NO3. The molecule has 1 N–H and O–H groups in total. The van der Waals surface area contributed by atoms with Crippen LogP contribution in [-0.4, -0.2) is 25.7 Å². The smallest absolute Gasteiger partial charge is 0.251 e. The van der Waals surface area contributed by atoms with Gasteiger partial charge in [0.25, 0.3) is 5.91 Å². The van der Waals surface area contributed by atoms with Crippen LogP contribution in [0, 0.1) is 6.92 Å². The number of ether oxygens (including phenoxy) is 2. The first-order valence-electron chi connectivity index (χ1n) is 8.68. The fourth-order valence-electron chi connectivity index (χ4n) is 2.66. The predicted molar refractivity (Wildman–Crippen MR) is 101 cm³/mol. The molecule has 0 aliphatic carbocycles. The third-order valence-corrected chi connectivity index (χ3v) is 3.86. The monoisotopic (exact) mass is 341 g/mol. The van der Waals surface area contributed by atoms with Crippen LogP contribution in [0.25, 0.3) is 0 Å². The van der Waals surface area contributed by atoms with Crippen LogP contribution in [-0.2, 0) is 6.42 Å². The molecule has 0 aromatic heterocycles. The molecule has 4 nitrogen and oxygen atoms in total. The minimum atomic E-state index is -0.0531. The number of nitrogens with one attached hydrogen (secondary N) is 1. The van der Waals surface area contributed by atoms with Crippen molar-refractivity contribution < 1.29 is 14.3 Å². The van der Waals surface area contributed by atoms with E-state index < -0.39 is 0 Å². The number of carbonyl (C=O) groups excluding carboxylic acids is 1. The summed E-state index contributed by atoms with van der Waals surface area (Å²) in [6.07, 6.45) is 1.95. The fraction of sp³-hybridized carbons (Fsp3) is 0.381. The lowest BCUT2D eigenvalue weighted by atomic mass is 10.1. The van der Waals surface area contributed by atoms with Crippen molar-refractivity contribution >= 4 is 5.91 Å². The molecule has 0 aliphatic heterocycles. The minimum absolute atomic E-state index is 0.0531. The maximum atomic E-state index is 12.2. The highest BCUT2D eigenvalue weighted by Gasteiger charge is 2.07. The van der Waals surface area contributed by atoms with Gasteiger partial charge < -0.3 is 14.8 Å². The summed E-state index contributed by atoms with van der Waals surface area (Å²) in [5, 5.41) is 2.97. The molecule has 0 aliphatic rings. The molecular weight excluding hydrogens is 314 g/mol. The molecule has 4 heteroatoms. The summed E-state index contributed by atoms with van der Waals surface area (Å²) in [4.78, 5) is 12.2. The van der Waals surface area contributed by atoms with Crippen molar-refractivity contribution in [2.75, 3.05) is 13.7 Å². The third kappa shape index (κ3) is 5.82. The summed E-state index contributed by atoms with van der Waals surface area (Å²) in [5.74, 6) is 1.63. The summed E-state index contributed by atoms with van der Waals surface area (Å²) in [5.41, 5.74) is 2.83. The highest BCUT2D eigenvalue weighted by Crippen LogP contribution is 2.18. The van der Waals surface area contributed by atoms with Crippen LogP contribution < -0.4 is 14.8 Å². The number of methoxy groups -OCH3 is 1. The fourth-order valence-corrected chi connectivity index (χ4v) is 2.66. The van der Waals surface area contributed by atoms with Crippen LogP contribution in [0.3, 0.4) is 0 Å². The largest absolute Gasteiger partial charge is 0.496 e. The van der Waals surface area contributed by atoms with Gasteiger partial charge >= 0.3 is 0 Å². The second-order valence-electron chi connectivity index (χ2n) is 6.36. The van der Waals surface area contributed by atoms with Gasteiger partial charge in [-0.1, -0.05) is 12.1 Å². The molecule has 0 atom stereocenters. The number of rotatable bonds is 8. The first-order chi connectivity index (χ1) is 12.0. The number of benzene rings is 2. The second kappa shape index (κ2) is 9.11. The Balaban J connectivity index is 1.81. The zero-order valence-corrected chi connectivity index (χ0v) is 15.5. The molecule has 0 saturated carbocycles. The van der Waals surface area contributed by atoms with E-state index >= 15 is 0 Å². The molecule has 0 heterocycles. The Kier molecular flexibility index (Phi) is 6.87. The lowest BCUT2D eigenvalue weighted by Gasteiger charge is -2.11. The van der Waals surface area contributed by atoms with E-state index in [0.717, 1.165) is 29.9 Å². The number of hydrogen-bond acceptors (Lipinski definition) is 3. The van der Waals surface area contributed by atoms with E-state index in [2.05, 4.69) is 17.4 Å². The van der Waals surface area contributed by atoms with Gasteiger partial charge in [0.2, 0.25) is 0 Å². The standard InChI is InChI=1S/C21H27NO3/c1-15(2)25-19-9-5-7-17(14-19)8-6-12-22-21(23)18-10-11-20(24-4)16(3)13-18/h5,7,9-11,13-15H,6,8,12H2,1-4H3,(H,22,23). The number of carbonyl (C=O) groups is 1. The van der Waals surface area contributed by atoms with Gasteiger partial charge in [-0.15, -0.1) is 0 Å². The first-order valence-corrected chi connectivity index (χ1v) is 8.68. The van der Waals surface area contributed by atoms with Crippen LogP contribution in [0.5, 0.6) is 11.5 Å². The van der Waals surface area contributed by atoms with E-state index in [1.807, 2.05) is 45.0 Å². The van der Waals surface area contributed by atoms with E-state index in [-0.39, 0.29) is 12.0 Å². The van der Waals surface area contributed by atoms with Crippen molar-refractivity contribution in [1.29, 1.82) is 0 Å². The Morgan fingerprint density at radius 2 is 1.96 bits per heavy atom. The van der Waals surface area contributed by atoms with Crippen LogP contribution >= 0.6 is 0 Å². The molecule has 0 fully saturated rings. The Morgan fingerprint density at radius 1 is 1.16 bits per heavy atom. The summed E-state index contributed by atoms with van der Waals surface area (Å²) in [7, 11) is 1.63. The average Bonchev–Trinajstić information content (AvgIpc) is 2.58. The van der Waals surface area contributed by atoms with Crippen LogP contribution in [0.15, 0.2) is 42.5 Å². The van der Waals surface area contributed by atoms with E-state index in [4.69, 9.17) is 9.47 Å². The van der Waals surface area contributed by atoms with Gasteiger partial charge in [0.15, 0.2) is 0 Å². The van der Waals surface area contributed by atoms with Crippen molar-refractivity contribution in [1.82, 2.24) is 5.32 Å². The molecule has 134 valence electrons. The van der Waals surface area contributed by atoms with Gasteiger partial charge in [-0.3, -0.25) is 4.79 Å². The lowest BCUT2D eigenvalue weighted by molar-refractivity contribution is 0.0953. The zero-order valence-electron chi connectivity index (χ0n) is 15.5. The van der Waals surface area contributed by atoms with E-state index in [9.17, 15) is 4.79 Å².